The lowest BCUT2D eigenvalue weighted by Gasteiger charge is -2.30. The van der Waals surface area contributed by atoms with Gasteiger partial charge < -0.3 is 10.6 Å². The van der Waals surface area contributed by atoms with Crippen LogP contribution in [0, 0.1) is 0 Å². The zero-order chi connectivity index (χ0) is 17.4. The molecule has 3 atom stereocenters. The molecule has 0 aromatic carbocycles. The molecule has 24 heavy (non-hydrogen) atoms. The fourth-order valence-corrected chi connectivity index (χ4v) is 5.35. The maximum Gasteiger partial charge on any atom is 0.191 e. The zero-order valence-corrected chi connectivity index (χ0v) is 16.8. The van der Waals surface area contributed by atoms with Gasteiger partial charge in [0.15, 0.2) is 5.96 Å². The smallest absolute Gasteiger partial charge is 0.191 e. The van der Waals surface area contributed by atoms with Crippen LogP contribution >= 0.6 is 11.3 Å². The summed E-state index contributed by atoms with van der Waals surface area (Å²) < 4.78 is 12.1. The molecule has 1 aromatic heterocycles. The van der Waals surface area contributed by atoms with Crippen LogP contribution < -0.4 is 10.6 Å². The normalized spacial score (nSPS) is 23.0. The lowest BCUT2D eigenvalue weighted by molar-refractivity contribution is 0.413. The van der Waals surface area contributed by atoms with Crippen molar-refractivity contribution in [2.24, 2.45) is 4.99 Å². The van der Waals surface area contributed by atoms with Crippen LogP contribution in [-0.2, 0) is 23.8 Å². The Bertz CT molecular complexity index is 556. The SMILES string of the molecule is CCNC(=NCc1ccc(CC)s1)NC1CCCC(S(=O)CC)C1. The van der Waals surface area contributed by atoms with Gasteiger partial charge in [0.25, 0.3) is 0 Å². The molecule has 2 rings (SSSR count). The first-order chi connectivity index (χ1) is 11.7. The number of hydrogen-bond acceptors (Lipinski definition) is 3. The lowest BCUT2D eigenvalue weighted by Crippen LogP contribution is -2.46. The van der Waals surface area contributed by atoms with E-state index in [1.807, 2.05) is 18.3 Å². The summed E-state index contributed by atoms with van der Waals surface area (Å²) in [5.41, 5.74) is 0. The molecule has 1 aliphatic rings. The summed E-state index contributed by atoms with van der Waals surface area (Å²) >= 11 is 1.84. The highest BCUT2D eigenvalue weighted by atomic mass is 32.2. The van der Waals surface area contributed by atoms with E-state index in [4.69, 9.17) is 4.99 Å². The highest BCUT2D eigenvalue weighted by Crippen LogP contribution is 2.23. The molecule has 136 valence electrons. The van der Waals surface area contributed by atoms with E-state index < -0.39 is 10.8 Å². The number of rotatable bonds is 7. The lowest BCUT2D eigenvalue weighted by atomic mass is 9.95. The Hall–Kier alpha value is -0.880. The van der Waals surface area contributed by atoms with Gasteiger partial charge in [-0.1, -0.05) is 20.3 Å². The van der Waals surface area contributed by atoms with Crippen molar-refractivity contribution in [1.29, 1.82) is 0 Å². The van der Waals surface area contributed by atoms with Crippen LogP contribution in [0.25, 0.3) is 0 Å². The minimum atomic E-state index is -0.683. The van der Waals surface area contributed by atoms with Crippen molar-refractivity contribution < 1.29 is 4.21 Å². The summed E-state index contributed by atoms with van der Waals surface area (Å²) in [6.45, 7) is 7.87. The maximum atomic E-state index is 12.1. The molecule has 4 nitrogen and oxygen atoms in total. The minimum absolute atomic E-state index is 0.341. The van der Waals surface area contributed by atoms with Gasteiger partial charge in [0.2, 0.25) is 0 Å². The van der Waals surface area contributed by atoms with Gasteiger partial charge in [-0.15, -0.1) is 11.3 Å². The van der Waals surface area contributed by atoms with Crippen molar-refractivity contribution in [2.45, 2.75) is 70.7 Å². The van der Waals surface area contributed by atoms with Gasteiger partial charge in [0, 0.05) is 44.1 Å². The third-order valence-electron chi connectivity index (χ3n) is 4.43. The van der Waals surface area contributed by atoms with Gasteiger partial charge in [-0.3, -0.25) is 4.21 Å². The summed E-state index contributed by atoms with van der Waals surface area (Å²) in [7, 11) is -0.683. The average molecular weight is 370 g/mol. The third-order valence-corrected chi connectivity index (χ3v) is 7.38. The Labute approximate surface area is 153 Å². The fourth-order valence-electron chi connectivity index (χ4n) is 3.12. The van der Waals surface area contributed by atoms with Crippen LogP contribution in [0.1, 0.15) is 56.2 Å². The van der Waals surface area contributed by atoms with Crippen molar-refractivity contribution >= 4 is 28.1 Å². The molecule has 6 heteroatoms. The molecule has 2 N–H and O–H groups in total. The standard InChI is InChI=1S/C18H31N3OS2/c1-4-15-10-11-16(23-15)13-20-18(19-5-2)21-14-8-7-9-17(12-14)24(22)6-3/h10-11,14,17H,4-9,12-13H2,1-3H3,(H2,19,20,21). The number of nitrogens with one attached hydrogen (secondary N) is 2. The topological polar surface area (TPSA) is 53.5 Å². The second-order valence-electron chi connectivity index (χ2n) is 6.22. The Morgan fingerprint density at radius 3 is 2.75 bits per heavy atom. The van der Waals surface area contributed by atoms with Crippen LogP contribution in [-0.4, -0.2) is 33.8 Å². The average Bonchev–Trinajstić information content (AvgIpc) is 3.07. The van der Waals surface area contributed by atoms with E-state index in [0.29, 0.717) is 11.3 Å². The van der Waals surface area contributed by atoms with E-state index in [9.17, 15) is 4.21 Å². The number of aryl methyl sites for hydroxylation is 1. The zero-order valence-electron chi connectivity index (χ0n) is 15.1. The Morgan fingerprint density at radius 1 is 1.29 bits per heavy atom. The largest absolute Gasteiger partial charge is 0.357 e. The molecular weight excluding hydrogens is 338 g/mol. The van der Waals surface area contributed by atoms with Crippen molar-refractivity contribution in [1.82, 2.24) is 10.6 Å². The summed E-state index contributed by atoms with van der Waals surface area (Å²) in [6, 6.07) is 4.76. The van der Waals surface area contributed by atoms with Crippen LogP contribution in [0.3, 0.4) is 0 Å². The van der Waals surface area contributed by atoms with Gasteiger partial charge in [-0.2, -0.15) is 0 Å². The molecule has 1 aliphatic carbocycles. The van der Waals surface area contributed by atoms with E-state index in [0.717, 1.165) is 56.9 Å². The van der Waals surface area contributed by atoms with Crippen molar-refractivity contribution in [2.75, 3.05) is 12.3 Å². The molecule has 1 heterocycles. The van der Waals surface area contributed by atoms with E-state index in [2.05, 4.69) is 36.6 Å². The van der Waals surface area contributed by atoms with E-state index >= 15 is 0 Å². The molecule has 0 saturated heterocycles. The predicted octanol–water partition coefficient (Wildman–Crippen LogP) is 3.45. The molecule has 1 saturated carbocycles. The summed E-state index contributed by atoms with van der Waals surface area (Å²) in [4.78, 5) is 7.46. The molecule has 3 unspecified atom stereocenters. The highest BCUT2D eigenvalue weighted by Gasteiger charge is 2.26. The number of nitrogens with zero attached hydrogens (tertiary/aromatic N) is 1. The molecule has 1 aromatic rings. The summed E-state index contributed by atoms with van der Waals surface area (Å²) in [5.74, 6) is 1.65. The van der Waals surface area contributed by atoms with Gasteiger partial charge in [-0.25, -0.2) is 4.99 Å². The molecule has 0 radical (unpaired) electrons. The van der Waals surface area contributed by atoms with Crippen molar-refractivity contribution in [3.05, 3.63) is 21.9 Å². The van der Waals surface area contributed by atoms with Gasteiger partial charge in [-0.05, 0) is 44.7 Å². The predicted molar refractivity (Wildman–Crippen MR) is 106 cm³/mol. The first-order valence-electron chi connectivity index (χ1n) is 9.15. The van der Waals surface area contributed by atoms with E-state index in [1.54, 1.807) is 0 Å². The quantitative estimate of drug-likeness (QED) is 0.572. The molecular formula is C18H31N3OS2. The number of hydrogen-bond donors (Lipinski definition) is 2. The van der Waals surface area contributed by atoms with Crippen LogP contribution in [0.15, 0.2) is 17.1 Å². The molecule has 1 fully saturated rings. The maximum absolute atomic E-state index is 12.1. The van der Waals surface area contributed by atoms with Crippen LogP contribution in [0.2, 0.25) is 0 Å². The Morgan fingerprint density at radius 2 is 2.08 bits per heavy atom. The van der Waals surface area contributed by atoms with Crippen molar-refractivity contribution in [3.8, 4) is 0 Å². The fraction of sp³-hybridized carbons (Fsp3) is 0.722. The van der Waals surface area contributed by atoms with E-state index in [-0.39, 0.29) is 0 Å². The molecule has 0 bridgehead atoms. The molecule has 0 aliphatic heterocycles. The summed E-state index contributed by atoms with van der Waals surface area (Å²) in [5, 5.41) is 7.25. The number of aliphatic imine (C=N–C) groups is 1. The molecule has 0 amide bonds. The first-order valence-corrected chi connectivity index (χ1v) is 11.4. The Kier molecular flexibility index (Phi) is 8.25. The summed E-state index contributed by atoms with van der Waals surface area (Å²) in [6.07, 6.45) is 5.47. The third kappa shape index (κ3) is 5.88. The first kappa shape index (κ1) is 19.4. The van der Waals surface area contributed by atoms with Crippen molar-refractivity contribution in [3.63, 3.8) is 0 Å². The second-order valence-corrected chi connectivity index (χ2v) is 9.47. The Balaban J connectivity index is 1.94. The minimum Gasteiger partial charge on any atom is -0.357 e. The second kappa shape index (κ2) is 10.2. The van der Waals surface area contributed by atoms with Crippen LogP contribution in [0.5, 0.6) is 0 Å². The van der Waals surface area contributed by atoms with E-state index in [1.165, 1.54) is 9.75 Å². The molecule has 0 spiro atoms. The van der Waals surface area contributed by atoms with Gasteiger partial charge in [0.05, 0.1) is 6.54 Å². The number of guanidine groups is 1. The number of thiophene rings is 1. The highest BCUT2D eigenvalue weighted by molar-refractivity contribution is 7.85. The van der Waals surface area contributed by atoms with Gasteiger partial charge >= 0.3 is 0 Å². The van der Waals surface area contributed by atoms with Gasteiger partial charge in [0.1, 0.15) is 0 Å². The monoisotopic (exact) mass is 369 g/mol. The van der Waals surface area contributed by atoms with Crippen LogP contribution in [0.4, 0.5) is 0 Å².